The molecular formula is C27H30N4O5S. The minimum atomic E-state index is -0.585. The summed E-state index contributed by atoms with van der Waals surface area (Å²) in [5.41, 5.74) is 3.45. The number of nitrogens with one attached hydrogen (secondary N) is 1. The fourth-order valence-corrected chi connectivity index (χ4v) is 5.29. The van der Waals surface area contributed by atoms with Crippen molar-refractivity contribution in [3.8, 4) is 11.5 Å². The van der Waals surface area contributed by atoms with Gasteiger partial charge in [-0.25, -0.2) is 9.79 Å². The number of hydrogen-bond acceptors (Lipinski definition) is 9. The summed E-state index contributed by atoms with van der Waals surface area (Å²) in [6.45, 7) is 2.42. The van der Waals surface area contributed by atoms with Crippen molar-refractivity contribution in [1.82, 2.24) is 15.2 Å². The molecule has 194 valence electrons. The molecule has 0 bridgehead atoms. The molecule has 10 heteroatoms. The Hall–Kier alpha value is -3.79. The molecule has 0 unspecified atom stereocenters. The lowest BCUT2D eigenvalue weighted by atomic mass is 9.92. The van der Waals surface area contributed by atoms with E-state index in [1.54, 1.807) is 26.5 Å². The second-order valence-electron chi connectivity index (χ2n) is 8.31. The van der Waals surface area contributed by atoms with Gasteiger partial charge in [-0.15, -0.1) is 0 Å². The third-order valence-corrected chi connectivity index (χ3v) is 7.02. The molecule has 2 aliphatic rings. The van der Waals surface area contributed by atoms with Crippen LogP contribution in [-0.2, 0) is 20.7 Å². The molecule has 0 aliphatic carbocycles. The highest BCUT2D eigenvalue weighted by atomic mass is 32.2. The predicted molar refractivity (Wildman–Crippen MR) is 142 cm³/mol. The average Bonchev–Trinajstić information content (AvgIpc) is 3.33. The highest BCUT2D eigenvalue weighted by molar-refractivity contribution is 8.16. The van der Waals surface area contributed by atoms with Crippen molar-refractivity contribution in [3.63, 3.8) is 0 Å². The van der Waals surface area contributed by atoms with Gasteiger partial charge in [0.15, 0.2) is 5.17 Å². The minimum Gasteiger partial charge on any atom is -0.497 e. The second kappa shape index (κ2) is 12.0. The van der Waals surface area contributed by atoms with Crippen LogP contribution in [0.5, 0.6) is 11.5 Å². The zero-order chi connectivity index (χ0) is 26.4. The van der Waals surface area contributed by atoms with Crippen molar-refractivity contribution in [3.05, 3.63) is 76.2 Å². The molecule has 1 aromatic heterocycles. The van der Waals surface area contributed by atoms with E-state index in [1.807, 2.05) is 47.6 Å². The van der Waals surface area contributed by atoms with Gasteiger partial charge in [0.05, 0.1) is 45.1 Å². The van der Waals surface area contributed by atoms with Gasteiger partial charge in [0.25, 0.3) is 0 Å². The third-order valence-electron chi connectivity index (χ3n) is 6.14. The van der Waals surface area contributed by atoms with Crippen LogP contribution in [0.4, 0.5) is 0 Å². The van der Waals surface area contributed by atoms with Crippen LogP contribution >= 0.6 is 11.8 Å². The maximum Gasteiger partial charge on any atom is 0.338 e. The summed E-state index contributed by atoms with van der Waals surface area (Å²) in [6, 6.07) is 10.6. The van der Waals surface area contributed by atoms with Crippen molar-refractivity contribution in [1.29, 1.82) is 0 Å². The number of amidine groups is 1. The van der Waals surface area contributed by atoms with Crippen LogP contribution in [0.25, 0.3) is 0 Å². The molecule has 9 nitrogen and oxygen atoms in total. The van der Waals surface area contributed by atoms with E-state index < -0.39 is 12.0 Å². The Labute approximate surface area is 220 Å². The Morgan fingerprint density at radius 3 is 2.65 bits per heavy atom. The molecule has 0 radical (unpaired) electrons. The van der Waals surface area contributed by atoms with E-state index in [4.69, 9.17) is 19.2 Å². The molecule has 37 heavy (non-hydrogen) atoms. The van der Waals surface area contributed by atoms with E-state index in [0.29, 0.717) is 47.3 Å². The lowest BCUT2D eigenvalue weighted by Gasteiger charge is -2.37. The number of benzene rings is 1. The van der Waals surface area contributed by atoms with Crippen LogP contribution in [0.1, 0.15) is 37.1 Å². The Bertz CT molecular complexity index is 1260. The molecular weight excluding hydrogens is 492 g/mol. The quantitative estimate of drug-likeness (QED) is 0.468. The zero-order valence-electron chi connectivity index (χ0n) is 21.3. The number of amides is 1. The summed E-state index contributed by atoms with van der Waals surface area (Å²) in [5, 5.41) is 5.58. The second-order valence-corrected chi connectivity index (χ2v) is 9.14. The number of methoxy groups -OCH3 is 3. The van der Waals surface area contributed by atoms with E-state index in [9.17, 15) is 9.59 Å². The molecule has 0 saturated carbocycles. The molecule has 3 heterocycles. The van der Waals surface area contributed by atoms with E-state index >= 15 is 0 Å². The number of pyridine rings is 1. The van der Waals surface area contributed by atoms with Crippen molar-refractivity contribution in [2.24, 2.45) is 4.99 Å². The van der Waals surface area contributed by atoms with Crippen molar-refractivity contribution in [2.75, 3.05) is 27.9 Å². The molecule has 2 aromatic rings. The Balaban J connectivity index is 1.64. The summed E-state index contributed by atoms with van der Waals surface area (Å²) in [5.74, 6) is 0.579. The van der Waals surface area contributed by atoms with E-state index in [2.05, 4.69) is 10.3 Å². The summed E-state index contributed by atoms with van der Waals surface area (Å²) in [6.07, 6.45) is 3.04. The maximum atomic E-state index is 13.1. The van der Waals surface area contributed by atoms with E-state index in [-0.39, 0.29) is 12.3 Å². The van der Waals surface area contributed by atoms with Crippen LogP contribution in [0.3, 0.4) is 0 Å². The molecule has 0 spiro atoms. The number of thioether (sulfide) groups is 1. The van der Waals surface area contributed by atoms with Gasteiger partial charge in [-0.2, -0.15) is 0 Å². The fourth-order valence-electron chi connectivity index (χ4n) is 4.35. The smallest absolute Gasteiger partial charge is 0.338 e. The first-order valence-electron chi connectivity index (χ1n) is 11.9. The first-order valence-corrected chi connectivity index (χ1v) is 12.8. The summed E-state index contributed by atoms with van der Waals surface area (Å²) < 4.78 is 16.3. The summed E-state index contributed by atoms with van der Waals surface area (Å²) in [7, 11) is 4.51. The fraction of sp³-hybridized carbons (Fsp3) is 0.333. The number of aromatic nitrogens is 1. The highest BCUT2D eigenvalue weighted by Crippen LogP contribution is 2.48. The maximum absolute atomic E-state index is 13.1. The monoisotopic (exact) mass is 522 g/mol. The first kappa shape index (κ1) is 26.3. The van der Waals surface area contributed by atoms with Crippen molar-refractivity contribution >= 4 is 28.8 Å². The zero-order valence-corrected chi connectivity index (χ0v) is 22.1. The van der Waals surface area contributed by atoms with E-state index in [1.165, 1.54) is 18.9 Å². The largest absolute Gasteiger partial charge is 0.497 e. The number of aliphatic imine (C=N–C) groups is 1. The number of carbonyl (C=O) groups is 2. The minimum absolute atomic E-state index is 0.124. The number of allylic oxidation sites excluding steroid dienone is 1. The Morgan fingerprint density at radius 1 is 1.14 bits per heavy atom. The third kappa shape index (κ3) is 5.64. The number of fused-ring (bicyclic) bond motifs is 1. The van der Waals surface area contributed by atoms with Gasteiger partial charge in [0, 0.05) is 42.2 Å². The van der Waals surface area contributed by atoms with Crippen LogP contribution in [-0.4, -0.2) is 54.8 Å². The summed E-state index contributed by atoms with van der Waals surface area (Å²) >= 11 is 1.43. The Kier molecular flexibility index (Phi) is 8.50. The molecule has 1 aromatic carbocycles. The predicted octanol–water partition coefficient (Wildman–Crippen LogP) is 3.99. The molecule has 1 atom stereocenters. The van der Waals surface area contributed by atoms with Crippen LogP contribution in [0.2, 0.25) is 0 Å². The lowest BCUT2D eigenvalue weighted by molar-refractivity contribution is -0.136. The SMILES string of the molecule is CCC1=C(C(=O)OC)[C@@H](c2ccc(OC)cc2OC)N2C(CC(=O)NCCc3ccccn3)=CSC2=N1. The number of nitrogens with zero attached hydrogens (tertiary/aromatic N) is 3. The number of hydrogen-bond donors (Lipinski definition) is 1. The van der Waals surface area contributed by atoms with Crippen molar-refractivity contribution < 1.29 is 23.8 Å². The van der Waals surface area contributed by atoms with Gasteiger partial charge < -0.3 is 24.4 Å². The van der Waals surface area contributed by atoms with Gasteiger partial charge in [-0.3, -0.25) is 9.78 Å². The van der Waals surface area contributed by atoms with Gasteiger partial charge >= 0.3 is 5.97 Å². The normalized spacial score (nSPS) is 16.5. The molecule has 2 aliphatic heterocycles. The van der Waals surface area contributed by atoms with Crippen LogP contribution in [0, 0.1) is 0 Å². The molecule has 1 N–H and O–H groups in total. The van der Waals surface area contributed by atoms with Crippen LogP contribution in [0.15, 0.2) is 70.0 Å². The van der Waals surface area contributed by atoms with Gasteiger partial charge in [0.2, 0.25) is 5.91 Å². The number of rotatable bonds is 10. The van der Waals surface area contributed by atoms with Gasteiger partial charge in [0.1, 0.15) is 11.5 Å². The average molecular weight is 523 g/mol. The van der Waals surface area contributed by atoms with Crippen LogP contribution < -0.4 is 14.8 Å². The van der Waals surface area contributed by atoms with Gasteiger partial charge in [-0.1, -0.05) is 24.8 Å². The van der Waals surface area contributed by atoms with E-state index in [0.717, 1.165) is 17.0 Å². The van der Waals surface area contributed by atoms with Crippen molar-refractivity contribution in [2.45, 2.75) is 32.2 Å². The number of ether oxygens (including phenoxy) is 3. The number of carbonyl (C=O) groups excluding carboxylic acids is 2. The molecule has 4 rings (SSSR count). The topological polar surface area (TPSA) is 102 Å². The summed E-state index contributed by atoms with van der Waals surface area (Å²) in [4.78, 5) is 37.0. The Morgan fingerprint density at radius 2 is 1.97 bits per heavy atom. The molecule has 0 saturated heterocycles. The standard InChI is InChI=1S/C27H30N4O5S/c1-5-21-24(26(33)36-4)25(20-10-9-19(34-2)15-22(20)35-3)31-18(16-37-27(31)30-21)14-23(32)29-13-11-17-8-6-7-12-28-17/h6-10,12,15-16,25H,5,11,13-14H2,1-4H3,(H,29,32)/t25-/m1/s1. The molecule has 0 fully saturated rings. The lowest BCUT2D eigenvalue weighted by Crippen LogP contribution is -2.38. The molecule has 1 amide bonds. The van der Waals surface area contributed by atoms with Gasteiger partial charge in [-0.05, 0) is 36.1 Å². The highest BCUT2D eigenvalue weighted by Gasteiger charge is 2.42. The number of esters is 1. The first-order chi connectivity index (χ1) is 18.0.